The van der Waals surface area contributed by atoms with Crippen LogP contribution in [0.5, 0.6) is 5.75 Å². The van der Waals surface area contributed by atoms with Crippen molar-refractivity contribution < 1.29 is 13.9 Å². The summed E-state index contributed by atoms with van der Waals surface area (Å²) in [5.41, 5.74) is 1.25. The van der Waals surface area contributed by atoms with E-state index in [9.17, 15) is 9.18 Å². The minimum Gasteiger partial charge on any atom is -0.481 e. The Morgan fingerprint density at radius 3 is 2.77 bits per heavy atom. The van der Waals surface area contributed by atoms with E-state index in [-0.39, 0.29) is 5.69 Å². The molecule has 8 heteroatoms. The quantitative estimate of drug-likeness (QED) is 0.672. The first kappa shape index (κ1) is 20.5. The van der Waals surface area contributed by atoms with Crippen molar-refractivity contribution in [3.05, 3.63) is 59.7 Å². The summed E-state index contributed by atoms with van der Waals surface area (Å²) in [6, 6.07) is 13.0. The molecule has 0 bridgehead atoms. The molecule has 2 heterocycles. The first-order valence-corrected chi connectivity index (χ1v) is 10.2. The Balaban J connectivity index is 1.50. The van der Waals surface area contributed by atoms with Gasteiger partial charge in [0.1, 0.15) is 17.4 Å². The minimum absolute atomic E-state index is 0.0590. The molecular weight excluding hydrogens is 397 g/mol. The zero-order valence-corrected chi connectivity index (χ0v) is 17.1. The molecule has 1 aliphatic heterocycles. The van der Waals surface area contributed by atoms with E-state index in [0.717, 1.165) is 38.1 Å². The van der Waals surface area contributed by atoms with E-state index in [2.05, 4.69) is 20.1 Å². The van der Waals surface area contributed by atoms with E-state index in [0.29, 0.717) is 22.7 Å². The van der Waals surface area contributed by atoms with Gasteiger partial charge in [0, 0.05) is 18.5 Å². The van der Waals surface area contributed by atoms with E-state index in [1.807, 2.05) is 6.07 Å². The lowest BCUT2D eigenvalue weighted by Gasteiger charge is -2.16. The second kappa shape index (κ2) is 8.96. The normalized spacial score (nSPS) is 14.1. The summed E-state index contributed by atoms with van der Waals surface area (Å²) < 4.78 is 22.1. The number of hydrogen-bond donors (Lipinski definition) is 1. The molecule has 1 unspecified atom stereocenters. The second-order valence-electron chi connectivity index (χ2n) is 7.48. The lowest BCUT2D eigenvalue weighted by molar-refractivity contribution is -0.122. The van der Waals surface area contributed by atoms with Gasteiger partial charge in [0.2, 0.25) is 0 Å². The molecule has 0 aliphatic carbocycles. The standard InChI is InChI=1S/C23H22FN5O2/c1-15(31-18-9-6-16(14-25)7-10-18)23(30)26-20-13-17(8-11-19(20)24)22-28-27-21-5-3-2-4-12-29(21)22/h6-11,13,15H,2-5,12H2,1H3,(H,26,30). The van der Waals surface area contributed by atoms with Crippen molar-refractivity contribution in [2.75, 3.05) is 5.32 Å². The number of amides is 1. The van der Waals surface area contributed by atoms with Crippen LogP contribution in [0.25, 0.3) is 11.4 Å². The molecule has 1 amide bonds. The number of aryl methyl sites for hydroxylation is 1. The number of nitrogens with zero attached hydrogens (tertiary/aromatic N) is 4. The van der Waals surface area contributed by atoms with Gasteiger partial charge in [0.25, 0.3) is 5.91 Å². The van der Waals surface area contributed by atoms with Crippen LogP contribution < -0.4 is 10.1 Å². The van der Waals surface area contributed by atoms with Gasteiger partial charge in [-0.2, -0.15) is 5.26 Å². The summed E-state index contributed by atoms with van der Waals surface area (Å²) in [7, 11) is 0. The highest BCUT2D eigenvalue weighted by Gasteiger charge is 2.20. The number of fused-ring (bicyclic) bond motifs is 1. The number of rotatable bonds is 5. The number of ether oxygens (including phenoxy) is 1. The molecule has 0 spiro atoms. The van der Waals surface area contributed by atoms with E-state index in [1.165, 1.54) is 6.07 Å². The third kappa shape index (κ3) is 4.56. The van der Waals surface area contributed by atoms with Crippen molar-refractivity contribution in [3.63, 3.8) is 0 Å². The fourth-order valence-electron chi connectivity index (χ4n) is 3.56. The first-order valence-electron chi connectivity index (χ1n) is 10.2. The third-order valence-electron chi connectivity index (χ3n) is 5.26. The lowest BCUT2D eigenvalue weighted by Crippen LogP contribution is -2.30. The zero-order valence-electron chi connectivity index (χ0n) is 17.1. The molecule has 0 saturated carbocycles. The van der Waals surface area contributed by atoms with Crippen LogP contribution in [0.2, 0.25) is 0 Å². The molecule has 158 valence electrons. The predicted molar refractivity (Wildman–Crippen MR) is 113 cm³/mol. The van der Waals surface area contributed by atoms with Gasteiger partial charge in [0.15, 0.2) is 11.9 Å². The lowest BCUT2D eigenvalue weighted by atomic mass is 10.1. The molecule has 2 aromatic carbocycles. The topological polar surface area (TPSA) is 92.8 Å². The Morgan fingerprint density at radius 1 is 1.19 bits per heavy atom. The largest absolute Gasteiger partial charge is 0.481 e. The molecule has 1 N–H and O–H groups in total. The Hall–Kier alpha value is -3.73. The van der Waals surface area contributed by atoms with Gasteiger partial charge in [-0.15, -0.1) is 10.2 Å². The molecule has 0 radical (unpaired) electrons. The van der Waals surface area contributed by atoms with E-state index >= 15 is 0 Å². The van der Waals surface area contributed by atoms with Gasteiger partial charge in [-0.1, -0.05) is 6.42 Å². The van der Waals surface area contributed by atoms with Crippen molar-refractivity contribution >= 4 is 11.6 Å². The number of hydrogen-bond acceptors (Lipinski definition) is 5. The molecular formula is C23H22FN5O2. The average Bonchev–Trinajstić information content (AvgIpc) is 3.03. The first-order chi connectivity index (χ1) is 15.0. The average molecular weight is 419 g/mol. The smallest absolute Gasteiger partial charge is 0.265 e. The Bertz CT molecular complexity index is 1130. The highest BCUT2D eigenvalue weighted by atomic mass is 19.1. The number of nitriles is 1. The van der Waals surface area contributed by atoms with E-state index < -0.39 is 17.8 Å². The summed E-state index contributed by atoms with van der Waals surface area (Å²) in [6.07, 6.45) is 3.29. The highest BCUT2D eigenvalue weighted by Crippen LogP contribution is 2.27. The maximum Gasteiger partial charge on any atom is 0.265 e. The number of carbonyl (C=O) groups is 1. The van der Waals surface area contributed by atoms with Crippen molar-refractivity contribution in [3.8, 4) is 23.2 Å². The number of nitrogens with one attached hydrogen (secondary N) is 1. The Morgan fingerprint density at radius 2 is 2.00 bits per heavy atom. The van der Waals surface area contributed by atoms with Gasteiger partial charge in [0.05, 0.1) is 17.3 Å². The van der Waals surface area contributed by atoms with Gasteiger partial charge in [-0.3, -0.25) is 4.79 Å². The van der Waals surface area contributed by atoms with Crippen LogP contribution in [0, 0.1) is 17.1 Å². The summed E-state index contributed by atoms with van der Waals surface area (Å²) in [5, 5.41) is 20.0. The van der Waals surface area contributed by atoms with Gasteiger partial charge in [-0.25, -0.2) is 4.39 Å². The fourth-order valence-corrected chi connectivity index (χ4v) is 3.56. The molecule has 1 aliphatic rings. The van der Waals surface area contributed by atoms with Crippen LogP contribution in [0.4, 0.5) is 10.1 Å². The summed E-state index contributed by atoms with van der Waals surface area (Å²) in [6.45, 7) is 2.40. The third-order valence-corrected chi connectivity index (χ3v) is 5.26. The van der Waals surface area contributed by atoms with Crippen LogP contribution in [0.15, 0.2) is 42.5 Å². The maximum atomic E-state index is 14.4. The SMILES string of the molecule is CC(Oc1ccc(C#N)cc1)C(=O)Nc1cc(-c2nnc3n2CCCCC3)ccc1F. The van der Waals surface area contributed by atoms with Crippen molar-refractivity contribution in [1.29, 1.82) is 5.26 Å². The van der Waals surface area contributed by atoms with Crippen molar-refractivity contribution in [2.45, 2.75) is 45.3 Å². The maximum absolute atomic E-state index is 14.4. The molecule has 1 aromatic heterocycles. The Kier molecular flexibility index (Phi) is 5.94. The minimum atomic E-state index is -0.861. The summed E-state index contributed by atoms with van der Waals surface area (Å²) in [4.78, 5) is 12.6. The zero-order chi connectivity index (χ0) is 21.8. The number of benzene rings is 2. The summed E-state index contributed by atoms with van der Waals surface area (Å²) >= 11 is 0. The van der Waals surface area contributed by atoms with Gasteiger partial charge >= 0.3 is 0 Å². The van der Waals surface area contributed by atoms with E-state index in [1.54, 1.807) is 43.3 Å². The van der Waals surface area contributed by atoms with Crippen LogP contribution in [-0.4, -0.2) is 26.8 Å². The monoisotopic (exact) mass is 419 g/mol. The van der Waals surface area contributed by atoms with Crippen molar-refractivity contribution in [2.24, 2.45) is 0 Å². The molecule has 1 atom stereocenters. The number of carbonyl (C=O) groups excluding carboxylic acids is 1. The van der Waals surface area contributed by atoms with Gasteiger partial charge in [-0.05, 0) is 62.2 Å². The second-order valence-corrected chi connectivity index (χ2v) is 7.48. The molecule has 0 fully saturated rings. The fraction of sp³-hybridized carbons (Fsp3) is 0.304. The van der Waals surface area contributed by atoms with Crippen LogP contribution in [-0.2, 0) is 17.8 Å². The van der Waals surface area contributed by atoms with Crippen LogP contribution >= 0.6 is 0 Å². The number of anilines is 1. The number of halogens is 1. The molecule has 7 nitrogen and oxygen atoms in total. The Labute approximate surface area is 179 Å². The van der Waals surface area contributed by atoms with Crippen LogP contribution in [0.3, 0.4) is 0 Å². The van der Waals surface area contributed by atoms with Crippen LogP contribution in [0.1, 0.15) is 37.6 Å². The molecule has 31 heavy (non-hydrogen) atoms. The molecule has 3 aromatic rings. The van der Waals surface area contributed by atoms with Crippen molar-refractivity contribution in [1.82, 2.24) is 14.8 Å². The van der Waals surface area contributed by atoms with Gasteiger partial charge < -0.3 is 14.6 Å². The van der Waals surface area contributed by atoms with E-state index in [4.69, 9.17) is 10.00 Å². The molecule has 4 rings (SSSR count). The summed E-state index contributed by atoms with van der Waals surface area (Å²) in [5.74, 6) is 1.03. The molecule has 0 saturated heterocycles. The number of aromatic nitrogens is 3. The predicted octanol–water partition coefficient (Wildman–Crippen LogP) is 4.09. The highest BCUT2D eigenvalue weighted by molar-refractivity contribution is 5.94.